The fourth-order valence-electron chi connectivity index (χ4n) is 15.3. The molecular weight excluding hydrogens is 1310 g/mol. The van der Waals surface area contributed by atoms with Gasteiger partial charge in [0.2, 0.25) is 0 Å². The number of fused-ring (bicyclic) bond motifs is 8. The summed E-state index contributed by atoms with van der Waals surface area (Å²) in [5.74, 6) is 0.469. The van der Waals surface area contributed by atoms with Crippen LogP contribution >= 0.6 is 23.2 Å². The zero-order valence-electron chi connectivity index (χ0n) is 56.7. The predicted octanol–water partition coefficient (Wildman–Crippen LogP) is 11.7. The highest BCUT2D eigenvalue weighted by atomic mass is 35.5. The summed E-state index contributed by atoms with van der Waals surface area (Å²) < 4.78 is 95.7. The van der Waals surface area contributed by atoms with Crippen molar-refractivity contribution in [3.05, 3.63) is 129 Å². The standard InChI is InChI=1S/2C36H46ClN3O7S/c2*1-23-33(41)38-48(43,44)27-12-15-32-30(19-27)39(21-36(22-46-32)16-6-8-24-18-26(37)11-14-29(24)36)20-25-10-13-28(25)31(45-5)9-7-17-40(23)34(42)47-35(2,3)4/h2*7,9,11-12,14-15,18-19,23,25,28,31H,6,8,10,13,16-17,20-22H2,1-5H3,(H,38,41)/b9-7+;9-7-/t2*23-,25-,28+,31+,36-/m00/s1. The SMILES string of the molecule is CO[C@@H]1/C=C/CN(C(=O)OC(C)(C)C)[C@@H](C)C(=O)NS(=O)(=O)c2ccc3c(c2)N(C[C@@H]2CC[C@H]21)C[C@@]1(CCCc2cc(Cl)ccc21)CO3.CO[C@@H]1/C=C\CN(C(=O)OC(C)(C)C)[C@@H](C)C(=O)NS(=O)(=O)c2ccc3c(c2)N(C[C@@H]2CC[C@H]21)C[C@@]1(CCCc2cc(Cl)ccc21)CO3. The van der Waals surface area contributed by atoms with Crippen molar-refractivity contribution in [2.24, 2.45) is 23.7 Å². The number of nitrogens with one attached hydrogen (secondary N) is 2. The van der Waals surface area contributed by atoms with Gasteiger partial charge >= 0.3 is 12.2 Å². The Morgan fingerprint density at radius 1 is 0.573 bits per heavy atom. The van der Waals surface area contributed by atoms with Gasteiger partial charge in [-0.1, -0.05) is 59.6 Å². The number of benzene rings is 4. The summed E-state index contributed by atoms with van der Waals surface area (Å²) in [6, 6.07) is 19.5. The fraction of sp³-hybridized carbons (Fsp3) is 0.556. The Bertz CT molecular complexity index is 3660. The lowest BCUT2D eigenvalue weighted by Gasteiger charge is -2.46. The Morgan fingerprint density at radius 2 is 0.969 bits per heavy atom. The number of hydrogen-bond donors (Lipinski definition) is 2. The van der Waals surface area contributed by atoms with Crippen LogP contribution < -0.4 is 28.7 Å². The van der Waals surface area contributed by atoms with Gasteiger partial charge in [0, 0.05) is 74.4 Å². The number of aryl methyl sites for hydroxylation is 2. The maximum absolute atomic E-state index is 13.8. The smallest absolute Gasteiger partial charge is 0.411 e. The number of amides is 4. The summed E-state index contributed by atoms with van der Waals surface area (Å²) in [6.45, 7) is 17.0. The van der Waals surface area contributed by atoms with E-state index in [1.165, 1.54) is 58.0 Å². The number of methoxy groups -OCH3 is 2. The van der Waals surface area contributed by atoms with Crippen LogP contribution in [0.3, 0.4) is 0 Å². The minimum Gasteiger partial charge on any atom is -0.490 e. The van der Waals surface area contributed by atoms with Crippen LogP contribution in [0.25, 0.3) is 0 Å². The Labute approximate surface area is 575 Å². The number of rotatable bonds is 2. The molecule has 4 amide bonds. The van der Waals surface area contributed by atoms with Crippen molar-refractivity contribution in [3.8, 4) is 11.5 Å². The van der Waals surface area contributed by atoms with Gasteiger partial charge < -0.3 is 38.2 Å². The van der Waals surface area contributed by atoms with Crippen molar-refractivity contribution < 1.29 is 64.4 Å². The van der Waals surface area contributed by atoms with E-state index in [-0.39, 0.29) is 69.6 Å². The Balaban J connectivity index is 0.000000195. The van der Waals surface area contributed by atoms with Crippen LogP contribution in [0.15, 0.2) is 107 Å². The normalized spacial score (nSPS) is 29.3. The van der Waals surface area contributed by atoms with E-state index < -0.39 is 67.3 Å². The summed E-state index contributed by atoms with van der Waals surface area (Å²) in [6.07, 6.45) is 15.3. The number of carbonyl (C=O) groups excluding carboxylic acids is 4. The van der Waals surface area contributed by atoms with Gasteiger partial charge in [-0.15, -0.1) is 0 Å². The molecule has 10 atom stereocenters. The molecule has 4 aromatic carbocycles. The molecule has 20 nitrogen and oxygen atoms in total. The van der Waals surface area contributed by atoms with Crippen molar-refractivity contribution in [2.45, 2.75) is 176 Å². The minimum atomic E-state index is -4.31. The van der Waals surface area contributed by atoms with E-state index in [0.717, 1.165) is 64.2 Å². The van der Waals surface area contributed by atoms with E-state index >= 15 is 0 Å². The van der Waals surface area contributed by atoms with Gasteiger partial charge in [0.05, 0.1) is 46.6 Å². The number of ether oxygens (including phenoxy) is 6. The lowest BCUT2D eigenvalue weighted by atomic mass is 9.68. The third-order valence-electron chi connectivity index (χ3n) is 20.6. The summed E-state index contributed by atoms with van der Waals surface area (Å²) >= 11 is 12.8. The minimum absolute atomic E-state index is 0.0368. The average molecular weight is 1400 g/mol. The van der Waals surface area contributed by atoms with Crippen LogP contribution in [0.4, 0.5) is 21.0 Å². The topological polar surface area (TPSA) is 229 Å². The molecule has 0 aromatic heterocycles. The molecule has 8 aliphatic rings. The van der Waals surface area contributed by atoms with E-state index in [4.69, 9.17) is 51.6 Å². The van der Waals surface area contributed by atoms with Crippen LogP contribution in [-0.2, 0) is 72.3 Å². The molecule has 520 valence electrons. The second-order valence-corrected chi connectivity index (χ2v) is 33.5. The van der Waals surface area contributed by atoms with Crippen molar-refractivity contribution in [3.63, 3.8) is 0 Å². The summed E-state index contributed by atoms with van der Waals surface area (Å²) in [5.41, 5.74) is 4.00. The first kappa shape index (κ1) is 70.7. The molecule has 4 bridgehead atoms. The van der Waals surface area contributed by atoms with Gasteiger partial charge in [0.1, 0.15) is 34.8 Å². The fourth-order valence-corrected chi connectivity index (χ4v) is 17.8. The van der Waals surface area contributed by atoms with Crippen LogP contribution in [0.1, 0.15) is 129 Å². The van der Waals surface area contributed by atoms with Gasteiger partial charge in [0.15, 0.2) is 0 Å². The van der Waals surface area contributed by atoms with E-state index in [1.54, 1.807) is 92.2 Å². The van der Waals surface area contributed by atoms with E-state index in [0.29, 0.717) is 72.3 Å². The Morgan fingerprint density at radius 3 is 1.32 bits per heavy atom. The highest BCUT2D eigenvalue weighted by molar-refractivity contribution is 7.90. The zero-order chi connectivity index (χ0) is 68.9. The van der Waals surface area contributed by atoms with Crippen LogP contribution in [0.5, 0.6) is 11.5 Å². The Hall–Kier alpha value is -6.56. The van der Waals surface area contributed by atoms with Crippen molar-refractivity contribution in [2.75, 3.05) is 76.5 Å². The van der Waals surface area contributed by atoms with Crippen molar-refractivity contribution >= 4 is 78.6 Å². The monoisotopic (exact) mass is 1400 g/mol. The second kappa shape index (κ2) is 28.0. The summed E-state index contributed by atoms with van der Waals surface area (Å²) in [4.78, 5) is 60.4. The molecule has 2 saturated carbocycles. The molecule has 0 radical (unpaired) electrons. The molecule has 0 saturated heterocycles. The lowest BCUT2D eigenvalue weighted by molar-refractivity contribution is -0.124. The first-order chi connectivity index (χ1) is 45.4. The number of halogens is 2. The van der Waals surface area contributed by atoms with Gasteiger partial charge in [-0.3, -0.25) is 19.4 Å². The molecular formula is C72H92Cl2N6O14S2. The number of sulfonamides is 2. The quantitative estimate of drug-likeness (QED) is 0.178. The molecule has 4 aliphatic heterocycles. The molecule has 0 unspecified atom stereocenters. The molecule has 2 fully saturated rings. The van der Waals surface area contributed by atoms with Crippen molar-refractivity contribution in [1.29, 1.82) is 0 Å². The maximum atomic E-state index is 13.8. The molecule has 2 spiro atoms. The third-order valence-corrected chi connectivity index (χ3v) is 23.7. The van der Waals surface area contributed by atoms with Crippen LogP contribution in [0, 0.1) is 23.7 Å². The van der Waals surface area contributed by atoms with E-state index in [9.17, 15) is 36.0 Å². The number of anilines is 2. The molecule has 12 rings (SSSR count). The van der Waals surface area contributed by atoms with E-state index in [2.05, 4.69) is 43.5 Å². The molecule has 4 heterocycles. The molecule has 2 N–H and O–H groups in total. The largest absolute Gasteiger partial charge is 0.490 e. The average Bonchev–Trinajstić information content (AvgIpc) is 1.47. The number of hydrogen-bond acceptors (Lipinski definition) is 16. The van der Waals surface area contributed by atoms with Gasteiger partial charge in [-0.05, 0) is 226 Å². The van der Waals surface area contributed by atoms with Gasteiger partial charge in [-0.2, -0.15) is 0 Å². The van der Waals surface area contributed by atoms with Crippen LogP contribution in [-0.4, -0.2) is 153 Å². The van der Waals surface area contributed by atoms with E-state index in [1.807, 2.05) is 24.3 Å². The first-order valence-electron chi connectivity index (χ1n) is 33.5. The van der Waals surface area contributed by atoms with Crippen LogP contribution in [0.2, 0.25) is 10.0 Å². The molecule has 96 heavy (non-hydrogen) atoms. The highest BCUT2D eigenvalue weighted by Crippen LogP contribution is 2.50. The summed E-state index contributed by atoms with van der Waals surface area (Å²) in [7, 11) is -5.24. The lowest BCUT2D eigenvalue weighted by Crippen LogP contribution is -2.51. The third kappa shape index (κ3) is 15.2. The predicted molar refractivity (Wildman–Crippen MR) is 368 cm³/mol. The maximum Gasteiger partial charge on any atom is 0.411 e. The Kier molecular flexibility index (Phi) is 20.6. The zero-order valence-corrected chi connectivity index (χ0v) is 59.8. The van der Waals surface area contributed by atoms with Gasteiger partial charge in [0.25, 0.3) is 31.9 Å². The second-order valence-electron chi connectivity index (χ2n) is 29.3. The first-order valence-corrected chi connectivity index (χ1v) is 37.2. The molecule has 24 heteroatoms. The number of carbonyl (C=O) groups is 4. The summed E-state index contributed by atoms with van der Waals surface area (Å²) in [5, 5.41) is 1.43. The van der Waals surface area contributed by atoms with Gasteiger partial charge in [-0.25, -0.2) is 35.9 Å². The highest BCUT2D eigenvalue weighted by Gasteiger charge is 2.48. The molecule has 4 aromatic rings. The number of nitrogens with zero attached hydrogens (tertiary/aromatic N) is 4. The molecule has 4 aliphatic carbocycles. The van der Waals surface area contributed by atoms with Crippen molar-refractivity contribution in [1.82, 2.24) is 19.2 Å².